The number of likely N-dealkylation sites (tertiary alicyclic amines) is 1. The minimum absolute atomic E-state index is 0.112. The van der Waals surface area contributed by atoms with Gasteiger partial charge in [-0.1, -0.05) is 6.42 Å². The lowest BCUT2D eigenvalue weighted by Crippen LogP contribution is -2.63. The molecule has 3 heterocycles. The standard InChI is InChI=1S/C22H32F3N3O4/c23-22(24,25)21(18(31)28-10-11-32-20(14-28)4-5-20)6-8-27(9-7-21)17(30)15-12-16(29)19(13-26-15)2-1-3-19/h15-16,26,29H,1-14H2/t15-,16+/m0/s1. The van der Waals surface area contributed by atoms with E-state index in [9.17, 15) is 27.9 Å². The van der Waals surface area contributed by atoms with Crippen LogP contribution in [0, 0.1) is 10.8 Å². The van der Waals surface area contributed by atoms with Gasteiger partial charge in [-0.3, -0.25) is 9.59 Å². The van der Waals surface area contributed by atoms with Crippen molar-refractivity contribution < 1.29 is 32.6 Å². The molecule has 3 saturated heterocycles. The third kappa shape index (κ3) is 3.53. The second-order valence-corrected chi connectivity index (χ2v) is 10.6. The summed E-state index contributed by atoms with van der Waals surface area (Å²) in [6, 6.07) is -0.584. The van der Waals surface area contributed by atoms with Crippen LogP contribution in [0.5, 0.6) is 0 Å². The molecule has 0 radical (unpaired) electrons. The fourth-order valence-electron chi connectivity index (χ4n) is 6.04. The van der Waals surface area contributed by atoms with E-state index < -0.39 is 48.1 Å². The second-order valence-electron chi connectivity index (χ2n) is 10.6. The average molecular weight is 460 g/mol. The predicted octanol–water partition coefficient (Wildman–Crippen LogP) is 1.44. The van der Waals surface area contributed by atoms with Crippen molar-refractivity contribution in [3.8, 4) is 0 Å². The summed E-state index contributed by atoms with van der Waals surface area (Å²) in [5.41, 5.74) is -3.04. The van der Waals surface area contributed by atoms with E-state index in [4.69, 9.17) is 4.74 Å². The first-order valence-electron chi connectivity index (χ1n) is 11.8. The lowest BCUT2D eigenvalue weighted by Gasteiger charge is -2.51. The normalized spacial score (nSPS) is 33.1. The summed E-state index contributed by atoms with van der Waals surface area (Å²) in [6.45, 7) is 0.992. The number of alkyl halides is 3. The highest BCUT2D eigenvalue weighted by molar-refractivity contribution is 5.86. The smallest absolute Gasteiger partial charge is 0.392 e. The number of nitrogens with zero attached hydrogens (tertiary/aromatic N) is 2. The monoisotopic (exact) mass is 459 g/mol. The Morgan fingerprint density at radius 2 is 1.69 bits per heavy atom. The zero-order valence-electron chi connectivity index (χ0n) is 18.3. The van der Waals surface area contributed by atoms with Crippen molar-refractivity contribution in [2.24, 2.45) is 10.8 Å². The number of aliphatic hydroxyl groups excluding tert-OH is 1. The molecule has 0 unspecified atom stereocenters. The third-order valence-electron chi connectivity index (χ3n) is 8.74. The molecule has 0 bridgehead atoms. The van der Waals surface area contributed by atoms with Crippen LogP contribution in [0.4, 0.5) is 13.2 Å². The summed E-state index contributed by atoms with van der Waals surface area (Å²) < 4.78 is 48.4. The van der Waals surface area contributed by atoms with Gasteiger partial charge in [-0.25, -0.2) is 0 Å². The van der Waals surface area contributed by atoms with Crippen LogP contribution in [0.3, 0.4) is 0 Å². The first-order valence-corrected chi connectivity index (χ1v) is 11.8. The molecule has 0 aromatic rings. The third-order valence-corrected chi connectivity index (χ3v) is 8.74. The van der Waals surface area contributed by atoms with Gasteiger partial charge in [0.25, 0.3) is 0 Å². The van der Waals surface area contributed by atoms with Gasteiger partial charge in [0.2, 0.25) is 11.8 Å². The molecule has 2 aliphatic carbocycles. The molecule has 2 atom stereocenters. The van der Waals surface area contributed by atoms with Gasteiger partial charge in [0.15, 0.2) is 0 Å². The molecule has 7 nitrogen and oxygen atoms in total. The quantitative estimate of drug-likeness (QED) is 0.653. The SMILES string of the molecule is O=C([C@@H]1C[C@@H](O)C2(CCC2)CN1)N1CCC(C(=O)N2CCOC3(CC3)C2)(C(F)(F)F)CC1. The second kappa shape index (κ2) is 7.56. The van der Waals surface area contributed by atoms with Crippen molar-refractivity contribution >= 4 is 11.8 Å². The number of amides is 2. The zero-order chi connectivity index (χ0) is 22.8. The number of ether oxygens (including phenoxy) is 1. The number of carbonyl (C=O) groups excluding carboxylic acids is 2. The number of morpholine rings is 1. The van der Waals surface area contributed by atoms with Crippen molar-refractivity contribution in [1.82, 2.24) is 15.1 Å². The fraction of sp³-hybridized carbons (Fsp3) is 0.909. The van der Waals surface area contributed by atoms with Crippen LogP contribution in [0.1, 0.15) is 51.4 Å². The molecule has 2 saturated carbocycles. The minimum Gasteiger partial charge on any atom is -0.392 e. The maximum Gasteiger partial charge on any atom is 0.403 e. The first kappa shape index (κ1) is 22.4. The van der Waals surface area contributed by atoms with E-state index in [1.807, 2.05) is 0 Å². The van der Waals surface area contributed by atoms with Crippen LogP contribution in [0.25, 0.3) is 0 Å². The van der Waals surface area contributed by atoms with Crippen LogP contribution >= 0.6 is 0 Å². The number of aliphatic hydroxyl groups is 1. The van der Waals surface area contributed by atoms with Gasteiger partial charge in [0.1, 0.15) is 5.41 Å². The Labute approximate surface area is 185 Å². The molecule has 5 rings (SSSR count). The van der Waals surface area contributed by atoms with Crippen LogP contribution in [0.15, 0.2) is 0 Å². The Morgan fingerprint density at radius 1 is 1.00 bits per heavy atom. The van der Waals surface area contributed by atoms with E-state index in [1.54, 1.807) is 0 Å². The van der Waals surface area contributed by atoms with Crippen molar-refractivity contribution in [1.29, 1.82) is 0 Å². The summed E-state index contributed by atoms with van der Waals surface area (Å²) in [7, 11) is 0. The number of halogens is 3. The number of rotatable bonds is 2. The predicted molar refractivity (Wildman–Crippen MR) is 107 cm³/mol. The molecule has 10 heteroatoms. The molecule has 3 aliphatic heterocycles. The molecule has 2 spiro atoms. The van der Waals surface area contributed by atoms with Gasteiger partial charge in [-0.2, -0.15) is 13.2 Å². The molecule has 180 valence electrons. The number of piperidine rings is 2. The van der Waals surface area contributed by atoms with Crippen LogP contribution in [0.2, 0.25) is 0 Å². The Hall–Kier alpha value is -1.39. The van der Waals surface area contributed by atoms with Gasteiger partial charge < -0.3 is 25.0 Å². The van der Waals surface area contributed by atoms with Crippen molar-refractivity contribution in [3.05, 3.63) is 0 Å². The summed E-state index contributed by atoms with van der Waals surface area (Å²) >= 11 is 0. The maximum atomic E-state index is 14.2. The Kier molecular flexibility index (Phi) is 5.30. The van der Waals surface area contributed by atoms with E-state index in [0.717, 1.165) is 32.1 Å². The van der Waals surface area contributed by atoms with E-state index in [0.29, 0.717) is 6.54 Å². The molecule has 32 heavy (non-hydrogen) atoms. The summed E-state index contributed by atoms with van der Waals surface area (Å²) in [6.07, 6.45) is -1.31. The van der Waals surface area contributed by atoms with Gasteiger partial charge in [0.05, 0.1) is 24.4 Å². The molecular formula is C22H32F3N3O4. The fourth-order valence-corrected chi connectivity index (χ4v) is 6.04. The maximum absolute atomic E-state index is 14.2. The number of hydrogen-bond donors (Lipinski definition) is 2. The van der Waals surface area contributed by atoms with Crippen LogP contribution in [-0.2, 0) is 14.3 Å². The van der Waals surface area contributed by atoms with Crippen molar-refractivity contribution in [3.63, 3.8) is 0 Å². The van der Waals surface area contributed by atoms with Crippen LogP contribution in [-0.4, -0.2) is 90.0 Å². The van der Waals surface area contributed by atoms with E-state index in [2.05, 4.69) is 5.32 Å². The van der Waals surface area contributed by atoms with Crippen molar-refractivity contribution in [2.75, 3.05) is 39.3 Å². The Morgan fingerprint density at radius 3 is 2.22 bits per heavy atom. The highest BCUT2D eigenvalue weighted by atomic mass is 19.4. The van der Waals surface area contributed by atoms with E-state index in [1.165, 1.54) is 9.80 Å². The zero-order valence-corrected chi connectivity index (χ0v) is 18.3. The first-order chi connectivity index (χ1) is 15.1. The topological polar surface area (TPSA) is 82.1 Å². The highest BCUT2D eigenvalue weighted by Crippen LogP contribution is 2.50. The average Bonchev–Trinajstić information content (AvgIpc) is 3.48. The molecule has 5 aliphatic rings. The summed E-state index contributed by atoms with van der Waals surface area (Å²) in [5, 5.41) is 13.7. The highest BCUT2D eigenvalue weighted by Gasteiger charge is 2.63. The number of nitrogens with one attached hydrogen (secondary N) is 1. The lowest BCUT2D eigenvalue weighted by molar-refractivity contribution is -0.240. The van der Waals surface area contributed by atoms with Gasteiger partial charge in [-0.05, 0) is 44.9 Å². The number of hydrogen-bond acceptors (Lipinski definition) is 5. The molecule has 5 fully saturated rings. The van der Waals surface area contributed by atoms with Gasteiger partial charge >= 0.3 is 6.18 Å². The van der Waals surface area contributed by atoms with E-state index in [-0.39, 0.29) is 50.5 Å². The molecule has 2 amide bonds. The Balaban J connectivity index is 1.24. The number of carbonyl (C=O) groups is 2. The van der Waals surface area contributed by atoms with Gasteiger partial charge in [0, 0.05) is 38.1 Å². The lowest BCUT2D eigenvalue weighted by atomic mass is 9.62. The van der Waals surface area contributed by atoms with E-state index >= 15 is 0 Å². The summed E-state index contributed by atoms with van der Waals surface area (Å²) in [5.74, 6) is -1.14. The minimum atomic E-state index is -4.68. The molecule has 0 aromatic carbocycles. The van der Waals surface area contributed by atoms with Crippen molar-refractivity contribution in [2.45, 2.75) is 75.3 Å². The van der Waals surface area contributed by atoms with Crippen LogP contribution < -0.4 is 5.32 Å². The largest absolute Gasteiger partial charge is 0.403 e. The summed E-state index contributed by atoms with van der Waals surface area (Å²) in [4.78, 5) is 28.9. The Bertz CT molecular complexity index is 773. The van der Waals surface area contributed by atoms with Gasteiger partial charge in [-0.15, -0.1) is 0 Å². The molecule has 2 N–H and O–H groups in total. The molecule has 0 aromatic heterocycles. The molecular weight excluding hydrogens is 427 g/mol.